The molecule has 0 saturated heterocycles. The Labute approximate surface area is 185 Å². The number of pyridine rings is 1. The fourth-order valence-corrected chi connectivity index (χ4v) is 4.39. The van der Waals surface area contributed by atoms with Crippen LogP contribution in [0.1, 0.15) is 33.8 Å². The van der Waals surface area contributed by atoms with Gasteiger partial charge in [-0.2, -0.15) is 5.10 Å². The van der Waals surface area contributed by atoms with E-state index >= 15 is 0 Å². The van der Waals surface area contributed by atoms with Crippen LogP contribution in [0.3, 0.4) is 0 Å². The normalized spacial score (nSPS) is 11.2. The summed E-state index contributed by atoms with van der Waals surface area (Å²) in [6, 6.07) is 10.2. The van der Waals surface area contributed by atoms with Crippen molar-refractivity contribution in [2.45, 2.75) is 26.3 Å². The molecule has 0 aliphatic heterocycles. The maximum atomic E-state index is 13.5. The van der Waals surface area contributed by atoms with Crippen LogP contribution in [0, 0.1) is 6.92 Å². The number of primary amides is 1. The molecule has 0 aliphatic carbocycles. The second-order valence-electron chi connectivity index (χ2n) is 7.19. The molecule has 0 bridgehead atoms. The van der Waals surface area contributed by atoms with Gasteiger partial charge in [0.25, 0.3) is 12.3 Å². The van der Waals surface area contributed by atoms with Crippen LogP contribution >= 0.6 is 11.3 Å². The molecule has 0 saturated carbocycles. The van der Waals surface area contributed by atoms with Crippen molar-refractivity contribution < 1.29 is 18.4 Å². The van der Waals surface area contributed by atoms with Crippen molar-refractivity contribution in [1.29, 1.82) is 0 Å². The number of aryl methyl sites for hydroxylation is 2. The van der Waals surface area contributed by atoms with Gasteiger partial charge in [-0.25, -0.2) is 13.8 Å². The highest BCUT2D eigenvalue weighted by molar-refractivity contribution is 7.21. The van der Waals surface area contributed by atoms with Gasteiger partial charge in [0.05, 0.1) is 11.9 Å². The molecule has 7 nitrogen and oxygen atoms in total. The van der Waals surface area contributed by atoms with Crippen molar-refractivity contribution in [3.63, 3.8) is 0 Å². The number of benzene rings is 1. The van der Waals surface area contributed by atoms with E-state index in [0.29, 0.717) is 23.1 Å². The van der Waals surface area contributed by atoms with Crippen LogP contribution in [0.15, 0.2) is 48.8 Å². The van der Waals surface area contributed by atoms with Crippen LogP contribution < -0.4 is 11.1 Å². The molecule has 4 rings (SSSR count). The maximum Gasteiger partial charge on any atom is 0.280 e. The first-order valence-electron chi connectivity index (χ1n) is 9.73. The molecule has 0 radical (unpaired) electrons. The lowest BCUT2D eigenvalue weighted by molar-refractivity contribution is -0.116. The first-order chi connectivity index (χ1) is 15.3. The van der Waals surface area contributed by atoms with Crippen molar-refractivity contribution in [3.8, 4) is 11.1 Å². The number of nitrogens with zero attached hydrogens (tertiary/aromatic N) is 3. The van der Waals surface area contributed by atoms with E-state index in [2.05, 4.69) is 15.4 Å². The monoisotopic (exact) mass is 455 g/mol. The minimum Gasteiger partial charge on any atom is -0.365 e. The van der Waals surface area contributed by atoms with Gasteiger partial charge in [0, 0.05) is 24.5 Å². The lowest BCUT2D eigenvalue weighted by atomic mass is 10.0. The summed E-state index contributed by atoms with van der Waals surface area (Å²) in [5, 5.41) is 7.30. The number of halogens is 2. The lowest BCUT2D eigenvalue weighted by Gasteiger charge is -2.11. The van der Waals surface area contributed by atoms with E-state index in [9.17, 15) is 18.4 Å². The van der Waals surface area contributed by atoms with Crippen LogP contribution in [-0.2, 0) is 11.3 Å². The number of nitrogens with one attached hydrogen (secondary N) is 1. The molecule has 3 N–H and O–H groups in total. The van der Waals surface area contributed by atoms with Crippen LogP contribution in [-0.4, -0.2) is 26.6 Å². The maximum absolute atomic E-state index is 13.5. The van der Waals surface area contributed by atoms with Crippen molar-refractivity contribution in [2.75, 3.05) is 5.32 Å². The Bertz CT molecular complexity index is 1300. The van der Waals surface area contributed by atoms with Gasteiger partial charge in [-0.1, -0.05) is 30.3 Å². The zero-order valence-electron chi connectivity index (χ0n) is 17.0. The molecule has 0 atom stereocenters. The number of carbonyl (C=O) groups excluding carboxylic acids is 2. The van der Waals surface area contributed by atoms with Gasteiger partial charge >= 0.3 is 0 Å². The summed E-state index contributed by atoms with van der Waals surface area (Å²) in [4.78, 5) is 29.1. The quantitative estimate of drug-likeness (QED) is 0.427. The molecule has 0 aliphatic rings. The molecule has 164 valence electrons. The summed E-state index contributed by atoms with van der Waals surface area (Å²) >= 11 is 0.881. The molecule has 4 aromatic rings. The number of anilines is 1. The van der Waals surface area contributed by atoms with E-state index < -0.39 is 18.0 Å². The highest BCUT2D eigenvalue weighted by atomic mass is 32.1. The summed E-state index contributed by atoms with van der Waals surface area (Å²) in [6.07, 6.45) is 0.802. The molecule has 3 aromatic heterocycles. The molecule has 32 heavy (non-hydrogen) atoms. The highest BCUT2D eigenvalue weighted by Crippen LogP contribution is 2.42. The number of nitrogens with two attached hydrogens (primary N) is 1. The molecule has 0 fully saturated rings. The first kappa shape index (κ1) is 21.6. The number of carbonyl (C=O) groups is 2. The molecule has 10 heteroatoms. The molecular weight excluding hydrogens is 436 g/mol. The largest absolute Gasteiger partial charge is 0.365 e. The Morgan fingerprint density at radius 1 is 1.25 bits per heavy atom. The SMILES string of the molecule is Cc1cnn(CCC(=O)Nc2c(C(N)=O)sc3nc(C(F)F)cc(-c4ccccc4)c23)c1. The fourth-order valence-electron chi connectivity index (χ4n) is 3.37. The van der Waals surface area contributed by atoms with Crippen molar-refractivity contribution in [1.82, 2.24) is 14.8 Å². The fraction of sp³-hybridized carbons (Fsp3) is 0.182. The van der Waals surface area contributed by atoms with Gasteiger partial charge in [0.1, 0.15) is 15.4 Å². The van der Waals surface area contributed by atoms with E-state index in [0.717, 1.165) is 16.9 Å². The summed E-state index contributed by atoms with van der Waals surface area (Å²) in [7, 11) is 0. The summed E-state index contributed by atoms with van der Waals surface area (Å²) in [5.41, 5.74) is 7.37. The van der Waals surface area contributed by atoms with Gasteiger partial charge in [-0.15, -0.1) is 11.3 Å². The second-order valence-corrected chi connectivity index (χ2v) is 8.19. The van der Waals surface area contributed by atoms with Crippen LogP contribution in [0.25, 0.3) is 21.3 Å². The topological polar surface area (TPSA) is 103 Å². The standard InChI is InChI=1S/C22H19F2N5O2S/c1-12-10-26-29(11-12)8-7-16(30)28-18-17-14(13-5-3-2-4-6-13)9-15(20(23)24)27-22(17)32-19(18)21(25)31/h2-6,9-11,20H,7-8H2,1H3,(H2,25,31)(H,28,30). The predicted octanol–water partition coefficient (Wildman–Crippen LogP) is 4.53. The minimum absolute atomic E-state index is 0.0550. The lowest BCUT2D eigenvalue weighted by Crippen LogP contribution is -2.18. The number of alkyl halides is 2. The number of hydrogen-bond acceptors (Lipinski definition) is 5. The van der Waals surface area contributed by atoms with E-state index in [1.807, 2.05) is 13.1 Å². The molecule has 0 unspecified atom stereocenters. The number of aromatic nitrogens is 3. The third kappa shape index (κ3) is 4.35. The second kappa shape index (κ2) is 8.83. The average Bonchev–Trinajstić information content (AvgIpc) is 3.35. The molecule has 3 heterocycles. The average molecular weight is 455 g/mol. The summed E-state index contributed by atoms with van der Waals surface area (Å²) in [5.74, 6) is -1.14. The minimum atomic E-state index is -2.79. The van der Waals surface area contributed by atoms with Crippen molar-refractivity contribution in [2.24, 2.45) is 5.73 Å². The first-order valence-corrected chi connectivity index (χ1v) is 10.5. The third-order valence-corrected chi connectivity index (χ3v) is 5.91. The Morgan fingerprint density at radius 3 is 2.62 bits per heavy atom. The van der Waals surface area contributed by atoms with Gasteiger partial charge < -0.3 is 11.1 Å². The number of hydrogen-bond donors (Lipinski definition) is 2. The number of rotatable bonds is 7. The predicted molar refractivity (Wildman–Crippen MR) is 119 cm³/mol. The zero-order valence-corrected chi connectivity index (χ0v) is 17.8. The zero-order chi connectivity index (χ0) is 22.8. The summed E-state index contributed by atoms with van der Waals surface area (Å²) < 4.78 is 28.6. The van der Waals surface area contributed by atoms with Gasteiger partial charge in [0.2, 0.25) is 5.91 Å². The smallest absolute Gasteiger partial charge is 0.280 e. The van der Waals surface area contributed by atoms with E-state index in [1.54, 1.807) is 41.2 Å². The number of fused-ring (bicyclic) bond motifs is 1. The Balaban J connectivity index is 1.78. The Morgan fingerprint density at radius 2 is 2.00 bits per heavy atom. The van der Waals surface area contributed by atoms with Gasteiger partial charge in [0.15, 0.2) is 0 Å². The number of thiophene rings is 1. The van der Waals surface area contributed by atoms with E-state index in [1.165, 1.54) is 6.07 Å². The third-order valence-electron chi connectivity index (χ3n) is 4.81. The molecular formula is C22H19F2N5O2S. The summed E-state index contributed by atoms with van der Waals surface area (Å²) in [6.45, 7) is 2.24. The number of amides is 2. The molecule has 1 aromatic carbocycles. The Kier molecular flexibility index (Phi) is 5.95. The molecule has 0 spiro atoms. The van der Waals surface area contributed by atoms with Crippen molar-refractivity contribution in [3.05, 3.63) is 64.9 Å². The van der Waals surface area contributed by atoms with Gasteiger partial charge in [-0.05, 0) is 29.7 Å². The Hall–Kier alpha value is -3.66. The van der Waals surface area contributed by atoms with Crippen molar-refractivity contribution >= 4 is 39.1 Å². The molecule has 2 amide bonds. The van der Waals surface area contributed by atoms with Crippen LogP contribution in [0.2, 0.25) is 0 Å². The highest BCUT2D eigenvalue weighted by Gasteiger charge is 2.24. The van der Waals surface area contributed by atoms with Gasteiger partial charge in [-0.3, -0.25) is 14.3 Å². The van der Waals surface area contributed by atoms with E-state index in [-0.39, 0.29) is 27.7 Å². The van der Waals surface area contributed by atoms with E-state index in [4.69, 9.17) is 5.73 Å². The van der Waals surface area contributed by atoms with Crippen LogP contribution in [0.4, 0.5) is 14.5 Å². The van der Waals surface area contributed by atoms with Crippen LogP contribution in [0.5, 0.6) is 0 Å².